The molecule has 0 bridgehead atoms. The topological polar surface area (TPSA) is 25.8 Å². The molecule has 1 heterocycles. The Labute approximate surface area is 89.4 Å². The molecule has 1 aromatic rings. The van der Waals surface area contributed by atoms with Crippen LogP contribution in [-0.2, 0) is 0 Å². The number of hydrogen-bond acceptors (Lipinski definition) is 2. The SMILES string of the molecule is F/C(=C/I)c1cnc(C2CC2)cn1. The Kier molecular flexibility index (Phi) is 2.57. The van der Waals surface area contributed by atoms with Crippen molar-refractivity contribution in [3.8, 4) is 0 Å². The van der Waals surface area contributed by atoms with Gasteiger partial charge in [0.2, 0.25) is 0 Å². The summed E-state index contributed by atoms with van der Waals surface area (Å²) in [6, 6.07) is 0. The van der Waals surface area contributed by atoms with E-state index in [0.717, 1.165) is 5.69 Å². The summed E-state index contributed by atoms with van der Waals surface area (Å²) in [7, 11) is 0. The standard InChI is InChI=1S/C9H8FIN2/c10-7(3-11)9-5-12-8(4-13-9)6-1-2-6/h3-6H,1-2H2/b7-3+. The van der Waals surface area contributed by atoms with Crippen LogP contribution >= 0.6 is 22.6 Å². The van der Waals surface area contributed by atoms with Gasteiger partial charge >= 0.3 is 0 Å². The van der Waals surface area contributed by atoms with E-state index in [1.807, 2.05) is 22.6 Å². The zero-order valence-electron chi connectivity index (χ0n) is 6.87. The van der Waals surface area contributed by atoms with E-state index in [9.17, 15) is 4.39 Å². The second kappa shape index (κ2) is 3.69. The fourth-order valence-electron chi connectivity index (χ4n) is 1.11. The number of hydrogen-bond donors (Lipinski definition) is 0. The zero-order valence-corrected chi connectivity index (χ0v) is 9.03. The third-order valence-corrected chi connectivity index (χ3v) is 2.55. The van der Waals surface area contributed by atoms with Gasteiger partial charge in [-0.2, -0.15) is 0 Å². The summed E-state index contributed by atoms with van der Waals surface area (Å²) in [6.45, 7) is 0. The first-order valence-corrected chi connectivity index (χ1v) is 5.34. The number of halogens is 2. The summed E-state index contributed by atoms with van der Waals surface area (Å²) in [5.41, 5.74) is 1.31. The highest BCUT2D eigenvalue weighted by Crippen LogP contribution is 2.38. The van der Waals surface area contributed by atoms with Gasteiger partial charge in [-0.15, -0.1) is 0 Å². The molecule has 1 aliphatic carbocycles. The van der Waals surface area contributed by atoms with Gasteiger partial charge in [0.15, 0.2) is 5.83 Å². The Morgan fingerprint density at radius 3 is 2.69 bits per heavy atom. The van der Waals surface area contributed by atoms with Gasteiger partial charge in [0.05, 0.1) is 11.9 Å². The molecule has 0 aromatic carbocycles. The third-order valence-electron chi connectivity index (χ3n) is 2.01. The van der Waals surface area contributed by atoms with E-state index < -0.39 is 0 Å². The van der Waals surface area contributed by atoms with Crippen LogP contribution in [0.25, 0.3) is 5.83 Å². The van der Waals surface area contributed by atoms with Gasteiger partial charge < -0.3 is 0 Å². The second-order valence-corrected chi connectivity index (χ2v) is 3.68. The molecule has 2 rings (SSSR count). The average molecular weight is 290 g/mol. The van der Waals surface area contributed by atoms with E-state index in [4.69, 9.17) is 0 Å². The van der Waals surface area contributed by atoms with Crippen LogP contribution in [0.4, 0.5) is 4.39 Å². The second-order valence-electron chi connectivity index (χ2n) is 3.06. The van der Waals surface area contributed by atoms with E-state index in [2.05, 4.69) is 9.97 Å². The summed E-state index contributed by atoms with van der Waals surface area (Å²) in [4.78, 5) is 8.16. The highest BCUT2D eigenvalue weighted by Gasteiger charge is 2.25. The van der Waals surface area contributed by atoms with Crippen molar-refractivity contribution < 1.29 is 4.39 Å². The van der Waals surface area contributed by atoms with Crippen LogP contribution in [0.1, 0.15) is 30.1 Å². The smallest absolute Gasteiger partial charge is 0.156 e. The van der Waals surface area contributed by atoms with Crippen molar-refractivity contribution >= 4 is 28.4 Å². The summed E-state index contributed by atoms with van der Waals surface area (Å²) < 4.78 is 14.3. The molecule has 13 heavy (non-hydrogen) atoms. The quantitative estimate of drug-likeness (QED) is 0.782. The van der Waals surface area contributed by atoms with Crippen molar-refractivity contribution in [3.05, 3.63) is 27.9 Å². The van der Waals surface area contributed by atoms with Gasteiger partial charge in [0.25, 0.3) is 0 Å². The number of nitrogens with zero attached hydrogens (tertiary/aromatic N) is 2. The summed E-state index contributed by atoms with van der Waals surface area (Å²) in [5.74, 6) is 0.253. The van der Waals surface area contributed by atoms with E-state index in [-0.39, 0.29) is 5.83 Å². The van der Waals surface area contributed by atoms with Gasteiger partial charge in [0, 0.05) is 16.2 Å². The maximum Gasteiger partial charge on any atom is 0.156 e. The minimum absolute atomic E-state index is 0.318. The zero-order chi connectivity index (χ0) is 9.26. The van der Waals surface area contributed by atoms with Crippen molar-refractivity contribution in [2.24, 2.45) is 0 Å². The molecule has 4 heteroatoms. The van der Waals surface area contributed by atoms with Crippen LogP contribution in [0.15, 0.2) is 16.5 Å². The number of aromatic nitrogens is 2. The van der Waals surface area contributed by atoms with Crippen LogP contribution in [0.5, 0.6) is 0 Å². The first-order valence-electron chi connectivity index (χ1n) is 4.09. The van der Waals surface area contributed by atoms with E-state index >= 15 is 0 Å². The molecule has 0 radical (unpaired) electrons. The largest absolute Gasteiger partial charge is 0.257 e. The van der Waals surface area contributed by atoms with Gasteiger partial charge in [0.1, 0.15) is 5.69 Å². The molecular formula is C9H8FIN2. The first kappa shape index (κ1) is 9.05. The molecule has 0 spiro atoms. The minimum atomic E-state index is -0.324. The van der Waals surface area contributed by atoms with E-state index in [0.29, 0.717) is 11.6 Å². The predicted molar refractivity (Wildman–Crippen MR) is 57.1 cm³/mol. The molecule has 2 nitrogen and oxygen atoms in total. The third kappa shape index (κ3) is 2.04. The molecular weight excluding hydrogens is 282 g/mol. The molecule has 1 aliphatic rings. The molecule has 0 aliphatic heterocycles. The summed E-state index contributed by atoms with van der Waals surface area (Å²) >= 11 is 1.85. The van der Waals surface area contributed by atoms with Crippen LogP contribution < -0.4 is 0 Å². The molecule has 0 N–H and O–H groups in total. The molecule has 0 saturated heterocycles. The van der Waals surface area contributed by atoms with Crippen molar-refractivity contribution in [2.75, 3.05) is 0 Å². The summed E-state index contributed by atoms with van der Waals surface area (Å²) in [6.07, 6.45) is 5.56. The van der Waals surface area contributed by atoms with Crippen LogP contribution in [-0.4, -0.2) is 9.97 Å². The van der Waals surface area contributed by atoms with Crippen LogP contribution in [0.3, 0.4) is 0 Å². The lowest BCUT2D eigenvalue weighted by molar-refractivity contribution is 0.751. The lowest BCUT2D eigenvalue weighted by Crippen LogP contribution is -1.91. The number of rotatable bonds is 2. The normalized spacial score (nSPS) is 17.5. The molecule has 1 aromatic heterocycles. The predicted octanol–water partition coefficient (Wildman–Crippen LogP) is 3.06. The Hall–Kier alpha value is -0.520. The van der Waals surface area contributed by atoms with Gasteiger partial charge in [-0.25, -0.2) is 4.39 Å². The lowest BCUT2D eigenvalue weighted by Gasteiger charge is -1.97. The van der Waals surface area contributed by atoms with Crippen LogP contribution in [0.2, 0.25) is 0 Å². The fraction of sp³-hybridized carbons (Fsp3) is 0.333. The van der Waals surface area contributed by atoms with Crippen molar-refractivity contribution in [3.63, 3.8) is 0 Å². The van der Waals surface area contributed by atoms with Crippen molar-refractivity contribution in [1.82, 2.24) is 9.97 Å². The van der Waals surface area contributed by atoms with Gasteiger partial charge in [-0.05, 0) is 35.4 Å². The molecule has 68 valence electrons. The maximum atomic E-state index is 13.0. The van der Waals surface area contributed by atoms with E-state index in [1.165, 1.54) is 23.1 Å². The Morgan fingerprint density at radius 2 is 2.23 bits per heavy atom. The minimum Gasteiger partial charge on any atom is -0.257 e. The van der Waals surface area contributed by atoms with E-state index in [1.54, 1.807) is 6.20 Å². The Morgan fingerprint density at radius 1 is 1.46 bits per heavy atom. The highest BCUT2D eigenvalue weighted by molar-refractivity contribution is 14.1. The van der Waals surface area contributed by atoms with Gasteiger partial charge in [-0.1, -0.05) is 0 Å². The van der Waals surface area contributed by atoms with Crippen LogP contribution in [0, 0.1) is 0 Å². The summed E-state index contributed by atoms with van der Waals surface area (Å²) in [5, 5.41) is 0. The molecule has 1 fully saturated rings. The Balaban J connectivity index is 2.22. The monoisotopic (exact) mass is 290 g/mol. The molecule has 0 amide bonds. The van der Waals surface area contributed by atoms with Crippen molar-refractivity contribution in [1.29, 1.82) is 0 Å². The maximum absolute atomic E-state index is 13.0. The average Bonchev–Trinajstić information content (AvgIpc) is 3.00. The Bertz CT molecular complexity index is 330. The molecule has 1 saturated carbocycles. The fourth-order valence-corrected chi connectivity index (χ4v) is 1.43. The first-order chi connectivity index (χ1) is 6.31. The van der Waals surface area contributed by atoms with Gasteiger partial charge in [-0.3, -0.25) is 9.97 Å². The molecule has 0 unspecified atom stereocenters. The highest BCUT2D eigenvalue weighted by atomic mass is 127. The lowest BCUT2D eigenvalue weighted by atomic mass is 10.3. The molecule has 0 atom stereocenters. The van der Waals surface area contributed by atoms with Crippen molar-refractivity contribution in [2.45, 2.75) is 18.8 Å².